The molecule has 1 heterocycles. The fourth-order valence-electron chi connectivity index (χ4n) is 1.81. The Hall–Kier alpha value is -1.75. The van der Waals surface area contributed by atoms with Gasteiger partial charge >= 0.3 is 0 Å². The van der Waals surface area contributed by atoms with E-state index in [0.29, 0.717) is 11.4 Å². The van der Waals surface area contributed by atoms with Crippen LogP contribution in [0.4, 0.5) is 5.69 Å². The molecular formula is C12H15NO4. The minimum Gasteiger partial charge on any atom is -0.508 e. The molecule has 0 spiro atoms. The SMILES string of the molecule is COCN1C(=O)C(C)(C)Oc2ccc(O)cc21. The fraction of sp³-hybridized carbons (Fsp3) is 0.417. The molecule has 92 valence electrons. The summed E-state index contributed by atoms with van der Waals surface area (Å²) in [6, 6.07) is 4.65. The van der Waals surface area contributed by atoms with Gasteiger partial charge in [-0.25, -0.2) is 0 Å². The first kappa shape index (κ1) is 11.7. The molecule has 0 aromatic heterocycles. The molecule has 0 unspecified atom stereocenters. The number of hydrogen-bond acceptors (Lipinski definition) is 4. The zero-order valence-corrected chi connectivity index (χ0v) is 10.1. The number of fused-ring (bicyclic) bond motifs is 1. The Morgan fingerprint density at radius 2 is 2.18 bits per heavy atom. The first-order valence-electron chi connectivity index (χ1n) is 5.28. The van der Waals surface area contributed by atoms with Crippen LogP contribution in [0.2, 0.25) is 0 Å². The van der Waals surface area contributed by atoms with Crippen LogP contribution in [-0.4, -0.2) is 30.5 Å². The number of phenols is 1. The van der Waals surface area contributed by atoms with Crippen molar-refractivity contribution >= 4 is 11.6 Å². The summed E-state index contributed by atoms with van der Waals surface area (Å²) in [6.07, 6.45) is 0. The quantitative estimate of drug-likeness (QED) is 0.846. The number of anilines is 1. The Bertz CT molecular complexity index is 456. The Kier molecular flexibility index (Phi) is 2.71. The first-order valence-corrected chi connectivity index (χ1v) is 5.28. The molecule has 0 radical (unpaired) electrons. The van der Waals surface area contributed by atoms with Crippen LogP contribution in [0.15, 0.2) is 18.2 Å². The molecule has 0 aliphatic carbocycles. The molecular weight excluding hydrogens is 222 g/mol. The number of carbonyl (C=O) groups is 1. The highest BCUT2D eigenvalue weighted by Crippen LogP contribution is 2.39. The van der Waals surface area contributed by atoms with E-state index < -0.39 is 5.60 Å². The monoisotopic (exact) mass is 237 g/mol. The third kappa shape index (κ3) is 1.93. The summed E-state index contributed by atoms with van der Waals surface area (Å²) >= 11 is 0. The molecule has 5 heteroatoms. The lowest BCUT2D eigenvalue weighted by molar-refractivity contribution is -0.133. The van der Waals surface area contributed by atoms with Crippen molar-refractivity contribution in [3.63, 3.8) is 0 Å². The van der Waals surface area contributed by atoms with Gasteiger partial charge in [0, 0.05) is 13.2 Å². The van der Waals surface area contributed by atoms with Gasteiger partial charge in [0.25, 0.3) is 5.91 Å². The third-order valence-corrected chi connectivity index (χ3v) is 2.62. The van der Waals surface area contributed by atoms with Crippen molar-refractivity contribution in [2.45, 2.75) is 19.4 Å². The summed E-state index contributed by atoms with van der Waals surface area (Å²) in [5.74, 6) is 0.447. The van der Waals surface area contributed by atoms with Gasteiger partial charge in [0.2, 0.25) is 0 Å². The van der Waals surface area contributed by atoms with E-state index in [-0.39, 0.29) is 18.4 Å². The van der Waals surface area contributed by atoms with Crippen molar-refractivity contribution in [1.82, 2.24) is 0 Å². The third-order valence-electron chi connectivity index (χ3n) is 2.62. The van der Waals surface area contributed by atoms with Gasteiger partial charge in [-0.05, 0) is 26.0 Å². The maximum atomic E-state index is 12.2. The summed E-state index contributed by atoms with van der Waals surface area (Å²) in [6.45, 7) is 3.53. The van der Waals surface area contributed by atoms with Crippen LogP contribution in [-0.2, 0) is 9.53 Å². The normalized spacial score (nSPS) is 17.6. The van der Waals surface area contributed by atoms with Crippen LogP contribution in [0.1, 0.15) is 13.8 Å². The number of nitrogens with zero attached hydrogens (tertiary/aromatic N) is 1. The number of phenolic OH excluding ortho intramolecular Hbond substituents is 1. The molecule has 5 nitrogen and oxygen atoms in total. The topological polar surface area (TPSA) is 59.0 Å². The number of benzene rings is 1. The highest BCUT2D eigenvalue weighted by atomic mass is 16.5. The van der Waals surface area contributed by atoms with Crippen LogP contribution < -0.4 is 9.64 Å². The van der Waals surface area contributed by atoms with E-state index in [9.17, 15) is 9.90 Å². The van der Waals surface area contributed by atoms with Crippen molar-refractivity contribution in [3.8, 4) is 11.5 Å². The lowest BCUT2D eigenvalue weighted by atomic mass is 10.0. The molecule has 1 aliphatic rings. The van der Waals surface area contributed by atoms with Gasteiger partial charge in [0.05, 0.1) is 5.69 Å². The van der Waals surface area contributed by atoms with E-state index in [4.69, 9.17) is 9.47 Å². The van der Waals surface area contributed by atoms with E-state index in [1.807, 2.05) is 0 Å². The van der Waals surface area contributed by atoms with Crippen molar-refractivity contribution in [2.75, 3.05) is 18.7 Å². The molecule has 17 heavy (non-hydrogen) atoms. The minimum absolute atomic E-state index is 0.0842. The summed E-state index contributed by atoms with van der Waals surface area (Å²) in [4.78, 5) is 13.6. The van der Waals surface area contributed by atoms with E-state index in [0.717, 1.165) is 0 Å². The Labute approximate surface area is 99.6 Å². The molecule has 1 aliphatic heterocycles. The number of amides is 1. The lowest BCUT2D eigenvalue weighted by Gasteiger charge is -2.38. The van der Waals surface area contributed by atoms with E-state index in [1.165, 1.54) is 24.1 Å². The second kappa shape index (κ2) is 3.92. The van der Waals surface area contributed by atoms with Gasteiger partial charge in [-0.15, -0.1) is 0 Å². The first-order chi connectivity index (χ1) is 7.95. The fourth-order valence-corrected chi connectivity index (χ4v) is 1.81. The summed E-state index contributed by atoms with van der Waals surface area (Å²) in [5, 5.41) is 9.46. The van der Waals surface area contributed by atoms with Gasteiger partial charge in [-0.1, -0.05) is 0 Å². The summed E-state index contributed by atoms with van der Waals surface area (Å²) in [7, 11) is 1.51. The highest BCUT2D eigenvalue weighted by molar-refractivity contribution is 6.02. The Balaban J connectivity index is 2.51. The van der Waals surface area contributed by atoms with Gasteiger partial charge in [0.1, 0.15) is 18.2 Å². The number of aromatic hydroxyl groups is 1. The van der Waals surface area contributed by atoms with Crippen molar-refractivity contribution in [2.24, 2.45) is 0 Å². The maximum absolute atomic E-state index is 12.2. The molecule has 2 rings (SSSR count). The average Bonchev–Trinajstić information content (AvgIpc) is 2.26. The highest BCUT2D eigenvalue weighted by Gasteiger charge is 2.40. The van der Waals surface area contributed by atoms with Crippen molar-refractivity contribution < 1.29 is 19.4 Å². The van der Waals surface area contributed by atoms with Crippen LogP contribution in [0.3, 0.4) is 0 Å². The van der Waals surface area contributed by atoms with Crippen LogP contribution in [0.5, 0.6) is 11.5 Å². The number of ether oxygens (including phenoxy) is 2. The molecule has 1 amide bonds. The van der Waals surface area contributed by atoms with Crippen LogP contribution in [0, 0.1) is 0 Å². The number of methoxy groups -OCH3 is 1. The largest absolute Gasteiger partial charge is 0.508 e. The second-order valence-corrected chi connectivity index (χ2v) is 4.42. The zero-order chi connectivity index (χ0) is 12.6. The van der Waals surface area contributed by atoms with Gasteiger partial charge in [0.15, 0.2) is 5.60 Å². The number of hydrogen-bond donors (Lipinski definition) is 1. The molecule has 0 saturated carbocycles. The zero-order valence-electron chi connectivity index (χ0n) is 10.1. The van der Waals surface area contributed by atoms with Crippen LogP contribution in [0.25, 0.3) is 0 Å². The maximum Gasteiger partial charge on any atom is 0.272 e. The summed E-state index contributed by atoms with van der Waals surface area (Å²) in [5.41, 5.74) is -0.404. The number of carbonyl (C=O) groups excluding carboxylic acids is 1. The van der Waals surface area contributed by atoms with Gasteiger partial charge < -0.3 is 14.6 Å². The number of rotatable bonds is 2. The molecule has 0 fully saturated rings. The predicted molar refractivity (Wildman–Crippen MR) is 62.2 cm³/mol. The predicted octanol–water partition coefficient (Wildman–Crippen LogP) is 1.50. The second-order valence-electron chi connectivity index (χ2n) is 4.42. The van der Waals surface area contributed by atoms with Crippen molar-refractivity contribution in [1.29, 1.82) is 0 Å². The minimum atomic E-state index is -0.928. The van der Waals surface area contributed by atoms with Gasteiger partial charge in [-0.3, -0.25) is 9.69 Å². The van der Waals surface area contributed by atoms with E-state index in [1.54, 1.807) is 19.9 Å². The standard InChI is InChI=1S/C12H15NO4/c1-12(2)11(15)13(7-16-3)9-6-8(14)4-5-10(9)17-12/h4-6,14H,7H2,1-3H3. The Morgan fingerprint density at radius 3 is 2.82 bits per heavy atom. The van der Waals surface area contributed by atoms with Crippen molar-refractivity contribution in [3.05, 3.63) is 18.2 Å². The molecule has 1 aromatic rings. The van der Waals surface area contributed by atoms with E-state index >= 15 is 0 Å². The molecule has 1 aromatic carbocycles. The summed E-state index contributed by atoms with van der Waals surface area (Å²) < 4.78 is 10.6. The Morgan fingerprint density at radius 1 is 1.47 bits per heavy atom. The van der Waals surface area contributed by atoms with Gasteiger partial charge in [-0.2, -0.15) is 0 Å². The lowest BCUT2D eigenvalue weighted by Crippen LogP contribution is -2.53. The average molecular weight is 237 g/mol. The molecule has 0 bridgehead atoms. The molecule has 0 saturated heterocycles. The molecule has 0 atom stereocenters. The van der Waals surface area contributed by atoms with Crippen LogP contribution >= 0.6 is 0 Å². The smallest absolute Gasteiger partial charge is 0.272 e. The van der Waals surface area contributed by atoms with E-state index in [2.05, 4.69) is 0 Å². The molecule has 1 N–H and O–H groups in total.